The Bertz CT molecular complexity index is 1880. The standard InChI is InChI=1S/C34H36N4O5/c1-36-28(18-23-8-6-5-7-9-23)33(40)37(2)29(34(36)41)19-24-10-12-25(13-11-24)32(39)35-15-17-38-16-14-26-20-30(42-3)31(43-4)21-27(26)22-38/h5-13,18-21H,14-17,22H2,1-4H3,(H,35,39). The van der Waals surface area contributed by atoms with Gasteiger partial charge in [-0.3, -0.25) is 19.3 Å². The van der Waals surface area contributed by atoms with Crippen LogP contribution in [-0.4, -0.2) is 53.8 Å². The number of amides is 1. The van der Waals surface area contributed by atoms with Crippen LogP contribution in [0.5, 0.6) is 11.5 Å². The highest BCUT2D eigenvalue weighted by Crippen LogP contribution is 2.33. The minimum absolute atomic E-state index is 0.167. The van der Waals surface area contributed by atoms with Gasteiger partial charge in [-0.25, -0.2) is 0 Å². The SMILES string of the molecule is COc1cc2c(cc1OC)CN(CCNC(=O)c1ccc(C=c3c(=O)n(C)c(=Cc4ccccc4)c(=O)n3C)cc1)CC2. The molecule has 0 unspecified atom stereocenters. The van der Waals surface area contributed by atoms with Crippen LogP contribution in [0.3, 0.4) is 0 Å². The second-order valence-electron chi connectivity index (χ2n) is 10.6. The number of fused-ring (bicyclic) bond motifs is 1. The first-order valence-corrected chi connectivity index (χ1v) is 14.2. The number of nitrogens with zero attached hydrogens (tertiary/aromatic N) is 3. The summed E-state index contributed by atoms with van der Waals surface area (Å²) in [5.74, 6) is 1.30. The van der Waals surface area contributed by atoms with Crippen molar-refractivity contribution >= 4 is 18.1 Å². The molecule has 1 aromatic heterocycles. The van der Waals surface area contributed by atoms with Crippen LogP contribution in [0.15, 0.2) is 76.3 Å². The minimum atomic E-state index is -0.288. The van der Waals surface area contributed by atoms with Gasteiger partial charge in [0.1, 0.15) is 10.7 Å². The molecule has 43 heavy (non-hydrogen) atoms. The predicted molar refractivity (Wildman–Crippen MR) is 167 cm³/mol. The lowest BCUT2D eigenvalue weighted by atomic mass is 9.99. The Hall–Kier alpha value is -4.89. The second kappa shape index (κ2) is 13.0. The summed E-state index contributed by atoms with van der Waals surface area (Å²) in [4.78, 5) is 41.4. The van der Waals surface area contributed by atoms with Crippen molar-refractivity contribution in [2.45, 2.75) is 13.0 Å². The van der Waals surface area contributed by atoms with E-state index >= 15 is 0 Å². The summed E-state index contributed by atoms with van der Waals surface area (Å²) in [6.07, 6.45) is 4.28. The summed E-state index contributed by atoms with van der Waals surface area (Å²) in [5.41, 5.74) is 3.97. The zero-order valence-electron chi connectivity index (χ0n) is 24.9. The molecule has 0 fully saturated rings. The minimum Gasteiger partial charge on any atom is -0.493 e. The van der Waals surface area contributed by atoms with Crippen LogP contribution in [0, 0.1) is 0 Å². The fraction of sp³-hybridized carbons (Fsp3) is 0.265. The van der Waals surface area contributed by atoms with Gasteiger partial charge in [0.05, 0.1) is 14.2 Å². The molecule has 1 N–H and O–H groups in total. The summed E-state index contributed by atoms with van der Waals surface area (Å²) in [7, 11) is 6.47. The molecule has 9 nitrogen and oxygen atoms in total. The van der Waals surface area contributed by atoms with E-state index in [0.717, 1.165) is 43.1 Å². The molecule has 1 aliphatic rings. The maximum absolute atomic E-state index is 13.2. The van der Waals surface area contributed by atoms with Gasteiger partial charge in [0.15, 0.2) is 11.5 Å². The summed E-state index contributed by atoms with van der Waals surface area (Å²) in [6.45, 7) is 2.92. The number of hydrogen-bond donors (Lipinski definition) is 1. The van der Waals surface area contributed by atoms with Crippen molar-refractivity contribution in [3.05, 3.63) is 126 Å². The zero-order chi connectivity index (χ0) is 30.5. The number of hydrogen-bond acceptors (Lipinski definition) is 6. The van der Waals surface area contributed by atoms with Crippen molar-refractivity contribution in [3.63, 3.8) is 0 Å². The van der Waals surface area contributed by atoms with Gasteiger partial charge in [-0.1, -0.05) is 42.5 Å². The van der Waals surface area contributed by atoms with E-state index in [0.29, 0.717) is 23.0 Å². The van der Waals surface area contributed by atoms with Gasteiger partial charge in [0.2, 0.25) is 0 Å². The first-order chi connectivity index (χ1) is 20.8. The number of methoxy groups -OCH3 is 2. The molecule has 1 aliphatic heterocycles. The lowest BCUT2D eigenvalue weighted by Crippen LogP contribution is -2.56. The monoisotopic (exact) mass is 580 g/mol. The van der Waals surface area contributed by atoms with E-state index in [-0.39, 0.29) is 22.4 Å². The lowest BCUT2D eigenvalue weighted by Gasteiger charge is -2.29. The van der Waals surface area contributed by atoms with Gasteiger partial charge in [0, 0.05) is 45.8 Å². The highest BCUT2D eigenvalue weighted by molar-refractivity contribution is 5.94. The van der Waals surface area contributed by atoms with E-state index in [4.69, 9.17) is 9.47 Å². The number of ether oxygens (including phenoxy) is 2. The maximum atomic E-state index is 13.2. The lowest BCUT2D eigenvalue weighted by molar-refractivity contribution is 0.0947. The molecular formula is C34H36N4O5. The Balaban J connectivity index is 1.24. The molecule has 9 heteroatoms. The smallest absolute Gasteiger partial charge is 0.274 e. The molecule has 2 heterocycles. The van der Waals surface area contributed by atoms with E-state index in [2.05, 4.69) is 10.2 Å². The van der Waals surface area contributed by atoms with Crippen molar-refractivity contribution in [2.75, 3.05) is 33.9 Å². The van der Waals surface area contributed by atoms with Crippen LogP contribution in [-0.2, 0) is 27.1 Å². The van der Waals surface area contributed by atoms with Gasteiger partial charge >= 0.3 is 0 Å². The molecule has 1 amide bonds. The molecule has 222 valence electrons. The normalized spacial score (nSPS) is 14.0. The van der Waals surface area contributed by atoms with Crippen molar-refractivity contribution in [3.8, 4) is 11.5 Å². The Morgan fingerprint density at radius 3 is 1.95 bits per heavy atom. The highest BCUT2D eigenvalue weighted by Gasteiger charge is 2.19. The average molecular weight is 581 g/mol. The van der Waals surface area contributed by atoms with Gasteiger partial charge in [-0.2, -0.15) is 0 Å². The molecule has 0 saturated carbocycles. The highest BCUT2D eigenvalue weighted by atomic mass is 16.5. The molecule has 4 aromatic rings. The predicted octanol–water partition coefficient (Wildman–Crippen LogP) is 1.55. The van der Waals surface area contributed by atoms with E-state index in [1.54, 1.807) is 64.7 Å². The topological polar surface area (TPSA) is 94.8 Å². The summed E-state index contributed by atoms with van der Waals surface area (Å²) < 4.78 is 13.6. The fourth-order valence-corrected chi connectivity index (χ4v) is 5.32. The van der Waals surface area contributed by atoms with E-state index in [1.165, 1.54) is 20.3 Å². The number of rotatable bonds is 8. The van der Waals surface area contributed by atoms with Gasteiger partial charge < -0.3 is 23.9 Å². The Kier molecular flexibility index (Phi) is 8.92. The summed E-state index contributed by atoms with van der Waals surface area (Å²) in [5, 5.41) is 3.56. The van der Waals surface area contributed by atoms with Crippen molar-refractivity contribution < 1.29 is 14.3 Å². The van der Waals surface area contributed by atoms with Crippen LogP contribution in [0.4, 0.5) is 0 Å². The van der Waals surface area contributed by atoms with E-state index < -0.39 is 0 Å². The van der Waals surface area contributed by atoms with Crippen LogP contribution in [0.1, 0.15) is 32.6 Å². The van der Waals surface area contributed by atoms with Crippen LogP contribution in [0.25, 0.3) is 12.2 Å². The third-order valence-electron chi connectivity index (χ3n) is 7.86. The van der Waals surface area contributed by atoms with Gasteiger partial charge in [-0.15, -0.1) is 0 Å². The van der Waals surface area contributed by atoms with E-state index in [9.17, 15) is 14.4 Å². The molecule has 0 spiro atoms. The molecule has 5 rings (SSSR count). The Labute approximate surface area is 249 Å². The number of nitrogens with one attached hydrogen (secondary N) is 1. The molecule has 0 atom stereocenters. The van der Waals surface area contributed by atoms with Gasteiger partial charge in [0.25, 0.3) is 17.0 Å². The number of carbonyl (C=O) groups is 1. The van der Waals surface area contributed by atoms with Crippen LogP contribution < -0.4 is 36.6 Å². The molecule has 0 saturated heterocycles. The van der Waals surface area contributed by atoms with Crippen molar-refractivity contribution in [1.82, 2.24) is 19.4 Å². The molecule has 3 aromatic carbocycles. The summed E-state index contributed by atoms with van der Waals surface area (Å²) in [6, 6.07) is 20.5. The second-order valence-corrected chi connectivity index (χ2v) is 10.6. The van der Waals surface area contributed by atoms with Crippen molar-refractivity contribution in [2.24, 2.45) is 14.1 Å². The average Bonchev–Trinajstić information content (AvgIpc) is 3.04. The summed E-state index contributed by atoms with van der Waals surface area (Å²) >= 11 is 0. The van der Waals surface area contributed by atoms with Gasteiger partial charge in [-0.05, 0) is 65.1 Å². The van der Waals surface area contributed by atoms with Crippen molar-refractivity contribution in [1.29, 1.82) is 0 Å². The number of carbonyl (C=O) groups excluding carboxylic acids is 1. The fourth-order valence-electron chi connectivity index (χ4n) is 5.32. The maximum Gasteiger partial charge on any atom is 0.274 e. The first-order valence-electron chi connectivity index (χ1n) is 14.2. The first kappa shape index (κ1) is 29.6. The third-order valence-corrected chi connectivity index (χ3v) is 7.86. The zero-order valence-corrected chi connectivity index (χ0v) is 24.9. The Morgan fingerprint density at radius 2 is 1.37 bits per heavy atom. The quantitative estimate of drug-likeness (QED) is 0.340. The number of benzene rings is 3. The molecule has 0 bridgehead atoms. The third kappa shape index (κ3) is 6.47. The van der Waals surface area contributed by atoms with E-state index in [1.807, 2.05) is 42.5 Å². The molecule has 0 radical (unpaired) electrons. The molecular weight excluding hydrogens is 544 g/mol. The van der Waals surface area contributed by atoms with Crippen LogP contribution in [0.2, 0.25) is 0 Å². The molecule has 0 aliphatic carbocycles. The Morgan fingerprint density at radius 1 is 0.814 bits per heavy atom. The van der Waals surface area contributed by atoms with Crippen LogP contribution >= 0.6 is 0 Å². The number of aromatic nitrogens is 2. The largest absolute Gasteiger partial charge is 0.493 e.